The second-order valence-electron chi connectivity index (χ2n) is 7.02. The van der Waals surface area contributed by atoms with Crippen molar-refractivity contribution in [3.8, 4) is 11.1 Å². The Balaban J connectivity index is 1.43. The van der Waals surface area contributed by atoms with Gasteiger partial charge in [-0.1, -0.05) is 42.5 Å². The molecule has 2 aliphatic heterocycles. The van der Waals surface area contributed by atoms with Crippen LogP contribution in [0.4, 0.5) is 10.1 Å². The van der Waals surface area contributed by atoms with Crippen LogP contribution in [-0.4, -0.2) is 22.3 Å². The van der Waals surface area contributed by atoms with E-state index in [1.165, 1.54) is 0 Å². The van der Waals surface area contributed by atoms with Crippen LogP contribution in [0.5, 0.6) is 0 Å². The van der Waals surface area contributed by atoms with Gasteiger partial charge in [0, 0.05) is 36.1 Å². The number of rotatable bonds is 3. The summed E-state index contributed by atoms with van der Waals surface area (Å²) in [7, 11) is 0. The maximum Gasteiger partial charge on any atom is 0.256 e. The highest BCUT2D eigenvalue weighted by Crippen LogP contribution is 2.34. The molecule has 1 N–H and O–H groups in total. The third-order valence-corrected chi connectivity index (χ3v) is 5.26. The lowest BCUT2D eigenvalue weighted by molar-refractivity contribution is 0.0765. The largest absolute Gasteiger partial charge is 0.381 e. The zero-order chi connectivity index (χ0) is 19.1. The summed E-state index contributed by atoms with van der Waals surface area (Å²) in [5, 5.41) is 3.37. The number of halogens is 1. The summed E-state index contributed by atoms with van der Waals surface area (Å²) < 4.78 is 14.9. The molecule has 0 saturated heterocycles. The minimum atomic E-state index is -0.307. The third-order valence-electron chi connectivity index (χ3n) is 5.26. The van der Waals surface area contributed by atoms with Crippen LogP contribution in [0.1, 0.15) is 27.2 Å². The van der Waals surface area contributed by atoms with Crippen molar-refractivity contribution in [2.75, 3.05) is 11.9 Å². The lowest BCUT2D eigenvalue weighted by Gasteiger charge is -2.19. The Bertz CT molecular complexity index is 1120. The van der Waals surface area contributed by atoms with Gasteiger partial charge in [-0.2, -0.15) is 0 Å². The van der Waals surface area contributed by atoms with Crippen molar-refractivity contribution in [2.45, 2.75) is 13.1 Å². The summed E-state index contributed by atoms with van der Waals surface area (Å²) in [4.78, 5) is 18.4. The molecule has 5 heteroatoms. The third kappa shape index (κ3) is 2.76. The van der Waals surface area contributed by atoms with Crippen molar-refractivity contribution in [2.24, 2.45) is 0 Å². The molecule has 2 aromatic carbocycles. The van der Waals surface area contributed by atoms with Gasteiger partial charge in [0.15, 0.2) is 0 Å². The number of nitrogens with one attached hydrogen (secondary N) is 1. The lowest BCUT2D eigenvalue weighted by Crippen LogP contribution is -2.23. The Morgan fingerprint density at radius 1 is 1.11 bits per heavy atom. The van der Waals surface area contributed by atoms with E-state index in [0.717, 1.165) is 34.6 Å². The fourth-order valence-electron chi connectivity index (χ4n) is 3.85. The van der Waals surface area contributed by atoms with Gasteiger partial charge in [0.25, 0.3) is 5.91 Å². The number of benzene rings is 2. The smallest absolute Gasteiger partial charge is 0.256 e. The average molecular weight is 371 g/mol. The molecule has 1 amide bonds. The van der Waals surface area contributed by atoms with Gasteiger partial charge in [0.05, 0.1) is 17.8 Å². The molecule has 0 bridgehead atoms. The average Bonchev–Trinajstić information content (AvgIpc) is 3.05. The molecular formula is C23H18FN3O. The molecule has 0 unspecified atom stereocenters. The minimum absolute atomic E-state index is 0.0975. The molecule has 28 heavy (non-hydrogen) atoms. The summed E-state index contributed by atoms with van der Waals surface area (Å²) >= 11 is 0. The normalized spacial score (nSPS) is 14.6. The monoisotopic (exact) mass is 371 g/mol. The number of amides is 1. The van der Waals surface area contributed by atoms with Crippen molar-refractivity contribution in [1.29, 1.82) is 0 Å². The number of carbonyl (C=O) groups is 1. The highest BCUT2D eigenvalue weighted by molar-refractivity contribution is 5.97. The van der Waals surface area contributed by atoms with E-state index in [-0.39, 0.29) is 18.3 Å². The Labute approximate surface area is 162 Å². The van der Waals surface area contributed by atoms with Crippen LogP contribution in [0.2, 0.25) is 0 Å². The number of para-hydroxylation sites is 1. The van der Waals surface area contributed by atoms with Gasteiger partial charge >= 0.3 is 0 Å². The second-order valence-corrected chi connectivity index (χ2v) is 7.02. The number of aromatic nitrogens is 1. The summed E-state index contributed by atoms with van der Waals surface area (Å²) in [5.74, 6) is -0.405. The maximum absolute atomic E-state index is 14.9. The van der Waals surface area contributed by atoms with Crippen LogP contribution in [0, 0.1) is 5.82 Å². The number of nitrogens with zero attached hydrogens (tertiary/aromatic N) is 2. The van der Waals surface area contributed by atoms with Crippen molar-refractivity contribution in [3.05, 3.63) is 89.0 Å². The molecule has 0 radical (unpaired) electrons. The first-order valence-electron chi connectivity index (χ1n) is 9.26. The summed E-state index contributed by atoms with van der Waals surface area (Å²) in [6.07, 6.45) is 5.81. The van der Waals surface area contributed by atoms with Gasteiger partial charge in [-0.15, -0.1) is 0 Å². The van der Waals surface area contributed by atoms with E-state index in [4.69, 9.17) is 0 Å². The predicted octanol–water partition coefficient (Wildman–Crippen LogP) is 4.48. The molecule has 3 heterocycles. The van der Waals surface area contributed by atoms with Gasteiger partial charge in [0.1, 0.15) is 5.82 Å². The van der Waals surface area contributed by atoms with Crippen LogP contribution in [0.15, 0.2) is 60.8 Å². The quantitative estimate of drug-likeness (QED) is 0.738. The minimum Gasteiger partial charge on any atom is -0.381 e. The van der Waals surface area contributed by atoms with Gasteiger partial charge < -0.3 is 10.2 Å². The zero-order valence-corrected chi connectivity index (χ0v) is 15.2. The maximum atomic E-state index is 14.9. The highest BCUT2D eigenvalue weighted by atomic mass is 19.1. The second kappa shape index (κ2) is 6.60. The topological polar surface area (TPSA) is 45.2 Å². The van der Waals surface area contributed by atoms with Gasteiger partial charge in [-0.05, 0) is 29.3 Å². The Morgan fingerprint density at radius 3 is 2.86 bits per heavy atom. The number of fused-ring (bicyclic) bond motifs is 2. The van der Waals surface area contributed by atoms with Gasteiger partial charge in [0.2, 0.25) is 0 Å². The first-order valence-corrected chi connectivity index (χ1v) is 9.26. The molecule has 0 aliphatic carbocycles. The van der Waals surface area contributed by atoms with Crippen molar-refractivity contribution >= 4 is 17.7 Å². The lowest BCUT2D eigenvalue weighted by atomic mass is 9.97. The highest BCUT2D eigenvalue weighted by Gasteiger charge is 2.28. The predicted molar refractivity (Wildman–Crippen MR) is 107 cm³/mol. The Kier molecular flexibility index (Phi) is 3.93. The zero-order valence-electron chi connectivity index (χ0n) is 15.2. The van der Waals surface area contributed by atoms with E-state index >= 15 is 0 Å². The van der Waals surface area contributed by atoms with Crippen molar-refractivity contribution < 1.29 is 9.18 Å². The van der Waals surface area contributed by atoms with Crippen LogP contribution in [0.25, 0.3) is 17.2 Å². The molecule has 1 aromatic heterocycles. The van der Waals surface area contributed by atoms with E-state index in [1.807, 2.05) is 24.3 Å². The summed E-state index contributed by atoms with van der Waals surface area (Å²) in [6.45, 7) is 1.41. The molecule has 5 rings (SSSR count). The fourth-order valence-corrected chi connectivity index (χ4v) is 3.85. The first kappa shape index (κ1) is 16.7. The molecule has 0 atom stereocenters. The molecule has 3 aromatic rings. The number of hydrogen-bond donors (Lipinski definition) is 1. The van der Waals surface area contributed by atoms with E-state index in [2.05, 4.69) is 22.5 Å². The van der Waals surface area contributed by atoms with Crippen LogP contribution in [-0.2, 0) is 13.1 Å². The molecule has 0 fully saturated rings. The van der Waals surface area contributed by atoms with Gasteiger partial charge in [-0.3, -0.25) is 9.78 Å². The molecule has 138 valence electrons. The summed E-state index contributed by atoms with van der Waals surface area (Å²) in [6, 6.07) is 14.8. The molecular weight excluding hydrogens is 353 g/mol. The van der Waals surface area contributed by atoms with E-state index in [1.54, 1.807) is 35.4 Å². The number of anilines is 1. The van der Waals surface area contributed by atoms with E-state index in [9.17, 15) is 9.18 Å². The Hall–Kier alpha value is -3.47. The molecule has 4 nitrogen and oxygen atoms in total. The SMILES string of the molecule is O=C1c2cccnc2CN1Cc1ccc(-c2cccc3c2NCC=C3)cc1F. The first-order chi connectivity index (χ1) is 13.7. The number of pyridine rings is 1. The van der Waals surface area contributed by atoms with Gasteiger partial charge in [-0.25, -0.2) is 4.39 Å². The van der Waals surface area contributed by atoms with Crippen molar-refractivity contribution in [3.63, 3.8) is 0 Å². The van der Waals surface area contributed by atoms with E-state index in [0.29, 0.717) is 17.7 Å². The molecule has 2 aliphatic rings. The van der Waals surface area contributed by atoms with Crippen LogP contribution >= 0.6 is 0 Å². The van der Waals surface area contributed by atoms with E-state index < -0.39 is 0 Å². The van der Waals surface area contributed by atoms with Crippen LogP contribution < -0.4 is 5.32 Å². The molecule has 0 saturated carbocycles. The Morgan fingerprint density at radius 2 is 2.00 bits per heavy atom. The number of hydrogen-bond acceptors (Lipinski definition) is 3. The van der Waals surface area contributed by atoms with Crippen LogP contribution in [0.3, 0.4) is 0 Å². The fraction of sp³-hybridized carbons (Fsp3) is 0.130. The standard InChI is InChI=1S/C23H18FN3O/c24-20-12-16(18-6-1-4-15-5-2-11-26-22(15)18)8-9-17(20)13-27-14-21-19(23(27)28)7-3-10-25-21/h1-10,12,26H,11,13-14H2. The van der Waals surface area contributed by atoms with Crippen molar-refractivity contribution in [1.82, 2.24) is 9.88 Å². The number of carbonyl (C=O) groups excluding carboxylic acids is 1. The molecule has 0 spiro atoms. The summed E-state index contributed by atoms with van der Waals surface area (Å²) in [5.41, 5.74) is 5.77.